The van der Waals surface area contributed by atoms with Gasteiger partial charge in [0.15, 0.2) is 0 Å². The molecule has 2 rings (SSSR count). The molecule has 0 fully saturated rings. The van der Waals surface area contributed by atoms with Crippen molar-refractivity contribution in [1.82, 2.24) is 15.2 Å². The van der Waals surface area contributed by atoms with Crippen molar-refractivity contribution in [3.8, 4) is 0 Å². The van der Waals surface area contributed by atoms with Crippen LogP contribution in [0.15, 0.2) is 36.5 Å². The third kappa shape index (κ3) is 3.75. The molecule has 1 aromatic heterocycles. The lowest BCUT2D eigenvalue weighted by Crippen LogP contribution is -2.31. The van der Waals surface area contributed by atoms with Crippen LogP contribution in [0.3, 0.4) is 0 Å². The molecule has 3 nitrogen and oxygen atoms in total. The number of pyridine rings is 1. The lowest BCUT2D eigenvalue weighted by molar-refractivity contribution is 0.281. The Hall–Kier alpha value is -1.45. The summed E-state index contributed by atoms with van der Waals surface area (Å²) in [4.78, 5) is 6.88. The average molecular weight is 257 g/mol. The number of nitrogens with zero attached hydrogens (tertiary/aromatic N) is 2. The van der Waals surface area contributed by atoms with Gasteiger partial charge in [-0.15, -0.1) is 0 Å². The van der Waals surface area contributed by atoms with Gasteiger partial charge < -0.3 is 5.32 Å². The van der Waals surface area contributed by atoms with Crippen LogP contribution in [0.2, 0.25) is 0 Å². The SMILES string of the molecule is CCNCCN(CC)Cc1ccnc2ccccc12. The van der Waals surface area contributed by atoms with Gasteiger partial charge in [-0.2, -0.15) is 0 Å². The molecule has 0 aliphatic heterocycles. The van der Waals surface area contributed by atoms with Crippen LogP contribution in [0.5, 0.6) is 0 Å². The lowest BCUT2D eigenvalue weighted by Gasteiger charge is -2.21. The Kier molecular flexibility index (Phi) is 5.31. The summed E-state index contributed by atoms with van der Waals surface area (Å²) >= 11 is 0. The van der Waals surface area contributed by atoms with Crippen LogP contribution in [0.25, 0.3) is 10.9 Å². The van der Waals surface area contributed by atoms with Gasteiger partial charge in [0, 0.05) is 31.2 Å². The van der Waals surface area contributed by atoms with Crippen LogP contribution in [-0.2, 0) is 6.54 Å². The third-order valence-corrected chi connectivity index (χ3v) is 3.44. The highest BCUT2D eigenvalue weighted by Gasteiger charge is 2.06. The van der Waals surface area contributed by atoms with E-state index in [1.807, 2.05) is 12.3 Å². The molecule has 0 saturated carbocycles. The first-order valence-corrected chi connectivity index (χ1v) is 7.10. The largest absolute Gasteiger partial charge is 0.316 e. The fourth-order valence-electron chi connectivity index (χ4n) is 2.30. The van der Waals surface area contributed by atoms with Crippen LogP contribution in [0.4, 0.5) is 0 Å². The summed E-state index contributed by atoms with van der Waals surface area (Å²) in [6.07, 6.45) is 1.91. The first-order valence-electron chi connectivity index (χ1n) is 7.10. The first-order chi connectivity index (χ1) is 9.35. The maximum absolute atomic E-state index is 4.42. The zero-order valence-corrected chi connectivity index (χ0v) is 11.9. The van der Waals surface area contributed by atoms with Crippen molar-refractivity contribution < 1.29 is 0 Å². The summed E-state index contributed by atoms with van der Waals surface area (Å²) in [5.41, 5.74) is 2.45. The molecule has 0 saturated heterocycles. The molecular formula is C16H23N3. The van der Waals surface area contributed by atoms with Crippen LogP contribution >= 0.6 is 0 Å². The molecule has 0 aliphatic carbocycles. The van der Waals surface area contributed by atoms with Gasteiger partial charge in [0.05, 0.1) is 5.52 Å². The standard InChI is InChI=1S/C16H23N3/c1-3-17-11-12-19(4-2)13-14-9-10-18-16-8-6-5-7-15(14)16/h5-10,17H,3-4,11-13H2,1-2H3. The maximum atomic E-state index is 4.42. The lowest BCUT2D eigenvalue weighted by atomic mass is 10.1. The third-order valence-electron chi connectivity index (χ3n) is 3.44. The van der Waals surface area contributed by atoms with Gasteiger partial charge in [-0.05, 0) is 30.8 Å². The van der Waals surface area contributed by atoms with Crippen LogP contribution in [-0.4, -0.2) is 36.1 Å². The Bertz CT molecular complexity index is 505. The second-order valence-electron chi connectivity index (χ2n) is 4.71. The van der Waals surface area contributed by atoms with Crippen molar-refractivity contribution in [3.05, 3.63) is 42.1 Å². The molecule has 0 aliphatic rings. The average Bonchev–Trinajstić information content (AvgIpc) is 2.46. The molecule has 1 heterocycles. The number of likely N-dealkylation sites (N-methyl/N-ethyl adjacent to an activating group) is 2. The maximum Gasteiger partial charge on any atom is 0.0705 e. The Balaban J connectivity index is 2.10. The number of hydrogen-bond donors (Lipinski definition) is 1. The zero-order chi connectivity index (χ0) is 13.5. The smallest absolute Gasteiger partial charge is 0.0705 e. The molecule has 0 spiro atoms. The fourth-order valence-corrected chi connectivity index (χ4v) is 2.30. The number of fused-ring (bicyclic) bond motifs is 1. The second-order valence-corrected chi connectivity index (χ2v) is 4.71. The van der Waals surface area contributed by atoms with E-state index in [0.29, 0.717) is 0 Å². The van der Waals surface area contributed by atoms with E-state index in [-0.39, 0.29) is 0 Å². The number of aromatic nitrogens is 1. The molecule has 19 heavy (non-hydrogen) atoms. The van der Waals surface area contributed by atoms with Crippen molar-refractivity contribution in [3.63, 3.8) is 0 Å². The van der Waals surface area contributed by atoms with E-state index in [2.05, 4.69) is 53.3 Å². The predicted octanol–water partition coefficient (Wildman–Crippen LogP) is 2.67. The minimum Gasteiger partial charge on any atom is -0.316 e. The molecule has 0 bridgehead atoms. The highest BCUT2D eigenvalue weighted by atomic mass is 15.1. The summed E-state index contributed by atoms with van der Waals surface area (Å²) in [5, 5.41) is 4.65. The van der Waals surface area contributed by atoms with Gasteiger partial charge in [0.1, 0.15) is 0 Å². The highest BCUT2D eigenvalue weighted by Crippen LogP contribution is 2.17. The summed E-state index contributed by atoms with van der Waals surface area (Å²) in [7, 11) is 0. The molecule has 0 radical (unpaired) electrons. The molecule has 1 aromatic carbocycles. The summed E-state index contributed by atoms with van der Waals surface area (Å²) in [5.74, 6) is 0. The Morgan fingerprint density at radius 3 is 2.79 bits per heavy atom. The molecule has 1 N–H and O–H groups in total. The highest BCUT2D eigenvalue weighted by molar-refractivity contribution is 5.81. The normalized spacial score (nSPS) is 11.3. The van der Waals surface area contributed by atoms with Crippen molar-refractivity contribution in [2.75, 3.05) is 26.2 Å². The molecular weight excluding hydrogens is 234 g/mol. The van der Waals surface area contributed by atoms with E-state index >= 15 is 0 Å². The van der Waals surface area contributed by atoms with Crippen LogP contribution in [0, 0.1) is 0 Å². The predicted molar refractivity (Wildman–Crippen MR) is 81.2 cm³/mol. The van der Waals surface area contributed by atoms with Gasteiger partial charge in [0.2, 0.25) is 0 Å². The monoisotopic (exact) mass is 257 g/mol. The quantitative estimate of drug-likeness (QED) is 0.773. The fraction of sp³-hybridized carbons (Fsp3) is 0.438. The van der Waals surface area contributed by atoms with E-state index in [9.17, 15) is 0 Å². The van der Waals surface area contributed by atoms with E-state index in [1.54, 1.807) is 0 Å². The van der Waals surface area contributed by atoms with Crippen molar-refractivity contribution >= 4 is 10.9 Å². The molecule has 3 heteroatoms. The zero-order valence-electron chi connectivity index (χ0n) is 11.9. The van der Waals surface area contributed by atoms with Crippen molar-refractivity contribution in [2.24, 2.45) is 0 Å². The van der Waals surface area contributed by atoms with Gasteiger partial charge in [0.25, 0.3) is 0 Å². The number of nitrogens with one attached hydrogen (secondary N) is 1. The van der Waals surface area contributed by atoms with E-state index in [0.717, 1.165) is 38.2 Å². The number of rotatable bonds is 7. The molecule has 0 amide bonds. The van der Waals surface area contributed by atoms with E-state index in [1.165, 1.54) is 10.9 Å². The minimum absolute atomic E-state index is 0.991. The molecule has 2 aromatic rings. The van der Waals surface area contributed by atoms with Crippen molar-refractivity contribution in [2.45, 2.75) is 20.4 Å². The topological polar surface area (TPSA) is 28.2 Å². The minimum atomic E-state index is 0.991. The Labute approximate surface area is 115 Å². The van der Waals surface area contributed by atoms with Gasteiger partial charge in [-0.1, -0.05) is 32.0 Å². The van der Waals surface area contributed by atoms with Crippen LogP contribution < -0.4 is 5.32 Å². The number of para-hydroxylation sites is 1. The van der Waals surface area contributed by atoms with Gasteiger partial charge in [-0.3, -0.25) is 9.88 Å². The molecule has 0 unspecified atom stereocenters. The van der Waals surface area contributed by atoms with Crippen LogP contribution in [0.1, 0.15) is 19.4 Å². The summed E-state index contributed by atoms with van der Waals surface area (Å²) in [6, 6.07) is 10.5. The van der Waals surface area contributed by atoms with E-state index in [4.69, 9.17) is 0 Å². The van der Waals surface area contributed by atoms with E-state index < -0.39 is 0 Å². The first kappa shape index (κ1) is 14.0. The molecule has 0 atom stereocenters. The molecule has 102 valence electrons. The Morgan fingerprint density at radius 1 is 1.16 bits per heavy atom. The number of benzene rings is 1. The van der Waals surface area contributed by atoms with Crippen molar-refractivity contribution in [1.29, 1.82) is 0 Å². The second kappa shape index (κ2) is 7.22. The summed E-state index contributed by atoms with van der Waals surface area (Å²) in [6.45, 7) is 9.60. The van der Waals surface area contributed by atoms with Gasteiger partial charge in [-0.25, -0.2) is 0 Å². The Morgan fingerprint density at radius 2 is 2.00 bits per heavy atom. The summed E-state index contributed by atoms with van der Waals surface area (Å²) < 4.78 is 0. The van der Waals surface area contributed by atoms with Gasteiger partial charge >= 0.3 is 0 Å². The number of hydrogen-bond acceptors (Lipinski definition) is 3.